The van der Waals surface area contributed by atoms with Crippen molar-refractivity contribution in [3.8, 4) is 28.3 Å². The highest BCUT2D eigenvalue weighted by atomic mass is 16.3. The molecule has 7 nitrogen and oxygen atoms in total. The molecule has 4 aromatic rings. The Bertz CT molecular complexity index is 1170. The number of benzene rings is 2. The van der Waals surface area contributed by atoms with Crippen molar-refractivity contribution < 1.29 is 9.90 Å². The zero-order valence-corrected chi connectivity index (χ0v) is 15.5. The van der Waals surface area contributed by atoms with E-state index >= 15 is 0 Å². The highest BCUT2D eigenvalue weighted by Gasteiger charge is 2.18. The molecule has 2 heterocycles. The number of nitrogens with zero attached hydrogens (tertiary/aromatic N) is 4. The van der Waals surface area contributed by atoms with Crippen LogP contribution in [0.5, 0.6) is 5.75 Å². The first-order chi connectivity index (χ1) is 13.6. The molecule has 0 unspecified atom stereocenters. The van der Waals surface area contributed by atoms with Crippen LogP contribution in [-0.2, 0) is 11.8 Å². The van der Waals surface area contributed by atoms with Gasteiger partial charge in [-0.2, -0.15) is 5.10 Å². The molecule has 0 aliphatic heterocycles. The number of aromatic nitrogens is 4. The Hall–Kier alpha value is -3.74. The number of carbonyl (C=O) groups excluding carboxylic acids is 1. The summed E-state index contributed by atoms with van der Waals surface area (Å²) < 4.78 is 1.74. The molecule has 0 saturated carbocycles. The predicted octanol–water partition coefficient (Wildman–Crippen LogP) is 3.75. The minimum absolute atomic E-state index is 0.0339. The van der Waals surface area contributed by atoms with Crippen molar-refractivity contribution in [3.63, 3.8) is 0 Å². The molecule has 4 rings (SSSR count). The van der Waals surface area contributed by atoms with E-state index in [1.807, 2.05) is 43.6 Å². The first kappa shape index (κ1) is 17.7. The summed E-state index contributed by atoms with van der Waals surface area (Å²) in [6.45, 7) is 1.75. The van der Waals surface area contributed by atoms with E-state index in [1.165, 1.54) is 12.4 Å². The van der Waals surface area contributed by atoms with Crippen LogP contribution < -0.4 is 5.32 Å². The Kier molecular flexibility index (Phi) is 4.49. The summed E-state index contributed by atoms with van der Waals surface area (Å²) in [4.78, 5) is 20.6. The number of anilines is 1. The molecule has 0 radical (unpaired) electrons. The van der Waals surface area contributed by atoms with Gasteiger partial charge in [0.25, 0.3) is 0 Å². The van der Waals surface area contributed by atoms with Gasteiger partial charge in [0.2, 0.25) is 5.91 Å². The van der Waals surface area contributed by atoms with Crippen LogP contribution >= 0.6 is 0 Å². The second-order valence-corrected chi connectivity index (χ2v) is 6.44. The van der Waals surface area contributed by atoms with E-state index < -0.39 is 0 Å². The lowest BCUT2D eigenvalue weighted by Gasteiger charge is -2.10. The highest BCUT2D eigenvalue weighted by molar-refractivity contribution is 6.01. The summed E-state index contributed by atoms with van der Waals surface area (Å²) in [6.07, 6.45) is 3.68. The number of carbonyl (C=O) groups is 1. The molecule has 0 bridgehead atoms. The van der Waals surface area contributed by atoms with Gasteiger partial charge in [0.15, 0.2) is 0 Å². The molecule has 0 aliphatic rings. The average molecular weight is 373 g/mol. The maximum Gasteiger partial charge on any atom is 0.224 e. The summed E-state index contributed by atoms with van der Waals surface area (Å²) in [5, 5.41) is 18.3. The number of hydrogen-bond donors (Lipinski definition) is 2. The van der Waals surface area contributed by atoms with Gasteiger partial charge in [-0.1, -0.05) is 37.3 Å². The lowest BCUT2D eigenvalue weighted by molar-refractivity contribution is -0.115. The molecule has 2 aromatic carbocycles. The van der Waals surface area contributed by atoms with E-state index in [2.05, 4.69) is 20.4 Å². The Morgan fingerprint density at radius 1 is 1.14 bits per heavy atom. The van der Waals surface area contributed by atoms with Crippen LogP contribution in [0.25, 0.3) is 33.4 Å². The molecular formula is C21H19N5O2. The lowest BCUT2D eigenvalue weighted by atomic mass is 10.0. The predicted molar refractivity (Wildman–Crippen MR) is 108 cm³/mol. The zero-order chi connectivity index (χ0) is 19.7. The van der Waals surface area contributed by atoms with Gasteiger partial charge in [0.1, 0.15) is 17.8 Å². The molecule has 0 saturated heterocycles. The fourth-order valence-electron chi connectivity index (χ4n) is 3.12. The fraction of sp³-hybridized carbons (Fsp3) is 0.143. The maximum atomic E-state index is 11.8. The number of hydrogen-bond acceptors (Lipinski definition) is 5. The van der Waals surface area contributed by atoms with Gasteiger partial charge in [-0.25, -0.2) is 9.97 Å². The molecule has 2 N–H and O–H groups in total. The van der Waals surface area contributed by atoms with Crippen LogP contribution in [0.4, 0.5) is 5.69 Å². The molecule has 0 fully saturated rings. The largest absolute Gasteiger partial charge is 0.506 e. The van der Waals surface area contributed by atoms with Gasteiger partial charge < -0.3 is 10.4 Å². The molecule has 28 heavy (non-hydrogen) atoms. The van der Waals surface area contributed by atoms with E-state index in [-0.39, 0.29) is 11.7 Å². The Morgan fingerprint density at radius 2 is 1.93 bits per heavy atom. The van der Waals surface area contributed by atoms with Crippen LogP contribution in [0.2, 0.25) is 0 Å². The van der Waals surface area contributed by atoms with Crippen molar-refractivity contribution in [3.05, 3.63) is 55.0 Å². The van der Waals surface area contributed by atoms with Gasteiger partial charge in [-0.3, -0.25) is 9.48 Å². The molecule has 0 spiro atoms. The summed E-state index contributed by atoms with van der Waals surface area (Å²) >= 11 is 0. The molecule has 0 aliphatic carbocycles. The first-order valence-electron chi connectivity index (χ1n) is 8.94. The van der Waals surface area contributed by atoms with Gasteiger partial charge in [-0.05, 0) is 6.07 Å². The molecule has 2 aromatic heterocycles. The lowest BCUT2D eigenvalue weighted by Crippen LogP contribution is -2.09. The standard InChI is InChI=1S/C21H19N5O2/c1-3-19(28)24-17-9-14-16(10-18(17)27)22-12-23-21(14)15-11-26(2)25-20(15)13-7-5-4-6-8-13/h4-12,27H,3H2,1-2H3,(H,24,28). The third kappa shape index (κ3) is 3.18. The van der Waals surface area contributed by atoms with Crippen LogP contribution in [-0.4, -0.2) is 30.8 Å². The van der Waals surface area contributed by atoms with E-state index in [0.29, 0.717) is 23.3 Å². The third-order valence-electron chi connectivity index (χ3n) is 4.48. The van der Waals surface area contributed by atoms with Gasteiger partial charge in [0.05, 0.1) is 16.9 Å². The number of phenols is 1. The van der Waals surface area contributed by atoms with E-state index in [0.717, 1.165) is 22.2 Å². The van der Waals surface area contributed by atoms with Crippen molar-refractivity contribution >= 4 is 22.5 Å². The Balaban J connectivity index is 1.93. The summed E-state index contributed by atoms with van der Waals surface area (Å²) in [5.74, 6) is -0.215. The molecule has 7 heteroatoms. The number of phenolic OH excluding ortho intramolecular Hbond substituents is 1. The van der Waals surface area contributed by atoms with E-state index in [4.69, 9.17) is 0 Å². The SMILES string of the molecule is CCC(=O)Nc1cc2c(-c3cn(C)nc3-c3ccccc3)ncnc2cc1O. The van der Waals surface area contributed by atoms with E-state index in [1.54, 1.807) is 17.7 Å². The van der Waals surface area contributed by atoms with Crippen LogP contribution in [0.15, 0.2) is 55.0 Å². The zero-order valence-electron chi connectivity index (χ0n) is 15.5. The van der Waals surface area contributed by atoms with E-state index in [9.17, 15) is 9.90 Å². The van der Waals surface area contributed by atoms with Crippen molar-refractivity contribution in [2.45, 2.75) is 13.3 Å². The molecule has 140 valence electrons. The van der Waals surface area contributed by atoms with Crippen molar-refractivity contribution in [2.24, 2.45) is 7.05 Å². The normalized spacial score (nSPS) is 10.9. The molecular weight excluding hydrogens is 354 g/mol. The second kappa shape index (κ2) is 7.11. The summed E-state index contributed by atoms with van der Waals surface area (Å²) in [6, 6.07) is 13.1. The number of aryl methyl sites for hydroxylation is 1. The monoisotopic (exact) mass is 373 g/mol. The van der Waals surface area contributed by atoms with Gasteiger partial charge in [0, 0.05) is 42.2 Å². The minimum atomic E-state index is -0.181. The van der Waals surface area contributed by atoms with Crippen molar-refractivity contribution in [1.82, 2.24) is 19.7 Å². The maximum absolute atomic E-state index is 11.8. The molecule has 0 atom stereocenters. The number of fused-ring (bicyclic) bond motifs is 1. The van der Waals surface area contributed by atoms with Crippen LogP contribution in [0, 0.1) is 0 Å². The topological polar surface area (TPSA) is 92.9 Å². The number of aromatic hydroxyl groups is 1. The van der Waals surface area contributed by atoms with Crippen molar-refractivity contribution in [2.75, 3.05) is 5.32 Å². The van der Waals surface area contributed by atoms with Crippen LogP contribution in [0.3, 0.4) is 0 Å². The number of nitrogens with one attached hydrogen (secondary N) is 1. The quantitative estimate of drug-likeness (QED) is 0.532. The van der Waals surface area contributed by atoms with Crippen molar-refractivity contribution in [1.29, 1.82) is 0 Å². The number of rotatable bonds is 4. The van der Waals surface area contributed by atoms with Crippen LogP contribution in [0.1, 0.15) is 13.3 Å². The van der Waals surface area contributed by atoms with Gasteiger partial charge in [-0.15, -0.1) is 0 Å². The average Bonchev–Trinajstić information content (AvgIpc) is 3.10. The first-order valence-corrected chi connectivity index (χ1v) is 8.94. The Labute approximate surface area is 161 Å². The fourth-order valence-corrected chi connectivity index (χ4v) is 3.12. The summed E-state index contributed by atoms with van der Waals surface area (Å²) in [5.41, 5.74) is 4.22. The molecule has 1 amide bonds. The second-order valence-electron chi connectivity index (χ2n) is 6.44. The smallest absolute Gasteiger partial charge is 0.224 e. The highest BCUT2D eigenvalue weighted by Crippen LogP contribution is 2.36. The number of amides is 1. The Morgan fingerprint density at radius 3 is 2.68 bits per heavy atom. The third-order valence-corrected chi connectivity index (χ3v) is 4.48. The van der Waals surface area contributed by atoms with Gasteiger partial charge >= 0.3 is 0 Å². The minimum Gasteiger partial charge on any atom is -0.506 e. The summed E-state index contributed by atoms with van der Waals surface area (Å²) in [7, 11) is 1.86.